The van der Waals surface area contributed by atoms with Gasteiger partial charge in [0.2, 0.25) is 0 Å². The first kappa shape index (κ1) is 5.71. The number of hydrogen-bond donors (Lipinski definition) is 0. The zero-order valence-corrected chi connectivity index (χ0v) is 5.32. The Balaban J connectivity index is 2.41. The summed E-state index contributed by atoms with van der Waals surface area (Å²) in [4.78, 5) is 0. The predicted molar refractivity (Wildman–Crippen MR) is 35.3 cm³/mol. The second-order valence-corrected chi connectivity index (χ2v) is 2.71. The van der Waals surface area contributed by atoms with Crippen LogP contribution in [0.5, 0.6) is 0 Å². The highest BCUT2D eigenvalue weighted by atomic mass is 32.2. The molecule has 1 heterocycles. The van der Waals surface area contributed by atoms with Gasteiger partial charge < -0.3 is 0 Å². The molecular weight excluding hydrogens is 118 g/mol. The van der Waals surface area contributed by atoms with Crippen LogP contribution in [-0.4, -0.2) is 5.75 Å². The molecule has 1 unspecified atom stereocenters. The molecule has 0 saturated heterocycles. The van der Waals surface area contributed by atoms with E-state index in [9.17, 15) is 0 Å². The second kappa shape index (κ2) is 2.78. The fourth-order valence-corrected chi connectivity index (χ4v) is 1.42. The van der Waals surface area contributed by atoms with Gasteiger partial charge in [-0.1, -0.05) is 6.08 Å². The highest BCUT2D eigenvalue weighted by Gasteiger charge is 2.06. The molecule has 1 rings (SSSR count). The van der Waals surface area contributed by atoms with Gasteiger partial charge in [0.05, 0.1) is 12.0 Å². The summed E-state index contributed by atoms with van der Waals surface area (Å²) < 4.78 is 0. The van der Waals surface area contributed by atoms with E-state index in [1.165, 1.54) is 0 Å². The predicted octanol–water partition coefficient (Wildman–Crippen LogP) is 1.78. The fourth-order valence-electron chi connectivity index (χ4n) is 0.618. The van der Waals surface area contributed by atoms with Gasteiger partial charge in [0.15, 0.2) is 0 Å². The van der Waals surface area contributed by atoms with E-state index >= 15 is 0 Å². The van der Waals surface area contributed by atoms with Crippen LogP contribution in [0.15, 0.2) is 11.5 Å². The van der Waals surface area contributed by atoms with Crippen LogP contribution in [0.4, 0.5) is 0 Å². The number of hydrogen-bond acceptors (Lipinski definition) is 2. The van der Waals surface area contributed by atoms with Crippen LogP contribution in [0, 0.1) is 17.2 Å². The van der Waals surface area contributed by atoms with Gasteiger partial charge in [-0.2, -0.15) is 5.26 Å². The highest BCUT2D eigenvalue weighted by molar-refractivity contribution is 8.02. The normalized spacial score (nSPS) is 27.1. The lowest BCUT2D eigenvalue weighted by atomic mass is 10.1. The van der Waals surface area contributed by atoms with Crippen molar-refractivity contribution < 1.29 is 0 Å². The van der Waals surface area contributed by atoms with Crippen molar-refractivity contribution in [3.63, 3.8) is 0 Å². The number of nitrogens with zero attached hydrogens (tertiary/aromatic N) is 1. The molecule has 0 aliphatic carbocycles. The average molecular weight is 125 g/mol. The zero-order chi connectivity index (χ0) is 5.82. The standard InChI is InChI=1S/C6H7NS/c7-4-6-2-1-3-8-5-6/h1,3,6H,2,5H2. The largest absolute Gasteiger partial charge is 0.198 e. The molecular formula is C6H7NS. The molecule has 1 nitrogen and oxygen atoms in total. The molecule has 2 heteroatoms. The monoisotopic (exact) mass is 125 g/mol. The van der Waals surface area contributed by atoms with Crippen LogP contribution < -0.4 is 0 Å². The third-order valence-electron chi connectivity index (χ3n) is 1.09. The summed E-state index contributed by atoms with van der Waals surface area (Å²) in [5.74, 6) is 1.25. The molecule has 0 fully saturated rings. The van der Waals surface area contributed by atoms with E-state index in [1.54, 1.807) is 11.8 Å². The maximum atomic E-state index is 8.39. The summed E-state index contributed by atoms with van der Waals surface area (Å²) in [6.45, 7) is 0. The number of nitriles is 1. The quantitative estimate of drug-likeness (QED) is 0.492. The minimum absolute atomic E-state index is 0.269. The van der Waals surface area contributed by atoms with Crippen LogP contribution >= 0.6 is 11.8 Å². The van der Waals surface area contributed by atoms with Gasteiger partial charge >= 0.3 is 0 Å². The van der Waals surface area contributed by atoms with Crippen LogP contribution in [0.25, 0.3) is 0 Å². The van der Waals surface area contributed by atoms with Crippen molar-refractivity contribution in [3.05, 3.63) is 11.5 Å². The molecule has 0 spiro atoms. The molecule has 0 radical (unpaired) electrons. The molecule has 0 aromatic rings. The van der Waals surface area contributed by atoms with Crippen LogP contribution in [0.1, 0.15) is 6.42 Å². The van der Waals surface area contributed by atoms with Crippen molar-refractivity contribution in [2.75, 3.05) is 5.75 Å². The van der Waals surface area contributed by atoms with Gasteiger partial charge in [0.1, 0.15) is 0 Å². The third-order valence-corrected chi connectivity index (χ3v) is 2.07. The first-order valence-electron chi connectivity index (χ1n) is 2.59. The molecule has 0 N–H and O–H groups in total. The summed E-state index contributed by atoms with van der Waals surface area (Å²) in [5, 5.41) is 10.5. The number of allylic oxidation sites excluding steroid dienone is 1. The summed E-state index contributed by atoms with van der Waals surface area (Å²) >= 11 is 1.72. The maximum Gasteiger partial charge on any atom is 0.0667 e. The SMILES string of the molecule is N#CC1CC=CSC1. The summed E-state index contributed by atoms with van der Waals surface area (Å²) in [6, 6.07) is 2.23. The van der Waals surface area contributed by atoms with Gasteiger partial charge in [0.25, 0.3) is 0 Å². The number of rotatable bonds is 0. The smallest absolute Gasteiger partial charge is 0.0667 e. The van der Waals surface area contributed by atoms with Gasteiger partial charge in [-0.05, 0) is 11.8 Å². The van der Waals surface area contributed by atoms with Crippen molar-refractivity contribution in [2.45, 2.75) is 6.42 Å². The first-order valence-corrected chi connectivity index (χ1v) is 3.64. The lowest BCUT2D eigenvalue weighted by Crippen LogP contribution is -2.00. The van der Waals surface area contributed by atoms with Crippen molar-refractivity contribution in [1.29, 1.82) is 5.26 Å². The average Bonchev–Trinajstić information content (AvgIpc) is 1.90. The molecule has 0 bridgehead atoms. The number of thioether (sulfide) groups is 1. The van der Waals surface area contributed by atoms with E-state index in [-0.39, 0.29) is 5.92 Å². The Hall–Kier alpha value is -0.420. The van der Waals surface area contributed by atoms with Crippen molar-refractivity contribution in [2.24, 2.45) is 5.92 Å². The van der Waals surface area contributed by atoms with E-state index in [2.05, 4.69) is 17.6 Å². The molecule has 0 aromatic heterocycles. The van der Waals surface area contributed by atoms with Crippen molar-refractivity contribution in [3.8, 4) is 6.07 Å². The van der Waals surface area contributed by atoms with Crippen molar-refractivity contribution in [1.82, 2.24) is 0 Å². The summed E-state index contributed by atoms with van der Waals surface area (Å²) in [7, 11) is 0. The summed E-state index contributed by atoms with van der Waals surface area (Å²) in [6.07, 6.45) is 3.01. The van der Waals surface area contributed by atoms with Crippen LogP contribution in [0.3, 0.4) is 0 Å². The van der Waals surface area contributed by atoms with E-state index in [0.29, 0.717) is 0 Å². The minimum atomic E-state index is 0.269. The molecule has 0 amide bonds. The molecule has 8 heavy (non-hydrogen) atoms. The van der Waals surface area contributed by atoms with Gasteiger partial charge in [-0.3, -0.25) is 0 Å². The minimum Gasteiger partial charge on any atom is -0.198 e. The van der Waals surface area contributed by atoms with Gasteiger partial charge in [0, 0.05) is 5.75 Å². The molecule has 1 aliphatic heterocycles. The Kier molecular flexibility index (Phi) is 1.99. The molecule has 42 valence electrons. The maximum absolute atomic E-state index is 8.39. The third kappa shape index (κ3) is 1.28. The Labute approximate surface area is 53.4 Å². The zero-order valence-electron chi connectivity index (χ0n) is 4.50. The Morgan fingerprint density at radius 3 is 3.00 bits per heavy atom. The second-order valence-electron chi connectivity index (χ2n) is 1.77. The van der Waals surface area contributed by atoms with Crippen molar-refractivity contribution >= 4 is 11.8 Å². The summed E-state index contributed by atoms with van der Waals surface area (Å²) in [5.41, 5.74) is 0. The van der Waals surface area contributed by atoms with Crippen LogP contribution in [-0.2, 0) is 0 Å². The highest BCUT2D eigenvalue weighted by Crippen LogP contribution is 2.18. The van der Waals surface area contributed by atoms with Gasteiger partial charge in [-0.15, -0.1) is 11.8 Å². The topological polar surface area (TPSA) is 23.8 Å². The Bertz CT molecular complexity index is 134. The molecule has 1 aliphatic rings. The van der Waals surface area contributed by atoms with Gasteiger partial charge in [-0.25, -0.2) is 0 Å². The lowest BCUT2D eigenvalue weighted by molar-refractivity contribution is 0.769. The van der Waals surface area contributed by atoms with Crippen LogP contribution in [0.2, 0.25) is 0 Å². The van der Waals surface area contributed by atoms with E-state index < -0.39 is 0 Å². The fraction of sp³-hybridized carbons (Fsp3) is 0.500. The Morgan fingerprint density at radius 2 is 2.62 bits per heavy atom. The van der Waals surface area contributed by atoms with E-state index in [4.69, 9.17) is 5.26 Å². The molecule has 0 saturated carbocycles. The first-order chi connectivity index (χ1) is 3.93. The lowest BCUT2D eigenvalue weighted by Gasteiger charge is -2.06. The molecule has 1 atom stereocenters. The van der Waals surface area contributed by atoms with E-state index in [0.717, 1.165) is 12.2 Å². The Morgan fingerprint density at radius 1 is 1.75 bits per heavy atom. The van der Waals surface area contributed by atoms with E-state index in [1.807, 2.05) is 0 Å². The molecule has 0 aromatic carbocycles.